The summed E-state index contributed by atoms with van der Waals surface area (Å²) in [5.41, 5.74) is 6.90. The predicted octanol–water partition coefficient (Wildman–Crippen LogP) is 0.770. The summed E-state index contributed by atoms with van der Waals surface area (Å²) < 4.78 is 26.6. The Morgan fingerprint density at radius 1 is 1.40 bits per heavy atom. The van der Waals surface area contributed by atoms with Crippen LogP contribution in [0.4, 0.5) is 5.69 Å². The lowest BCUT2D eigenvalue weighted by Crippen LogP contribution is -2.44. The topological polar surface area (TPSA) is 101 Å². The lowest BCUT2D eigenvalue weighted by molar-refractivity contribution is -0.122. The third-order valence-electron chi connectivity index (χ3n) is 2.84. The van der Waals surface area contributed by atoms with E-state index >= 15 is 0 Å². The fourth-order valence-corrected chi connectivity index (χ4v) is 2.78. The molecule has 1 aromatic rings. The Morgan fingerprint density at radius 2 is 2.05 bits per heavy atom. The zero-order chi connectivity index (χ0) is 15.3. The number of nitrogens with one attached hydrogen (secondary N) is 2. The van der Waals surface area contributed by atoms with Crippen molar-refractivity contribution in [1.29, 1.82) is 0 Å². The van der Waals surface area contributed by atoms with Crippen LogP contribution >= 0.6 is 0 Å². The molecule has 0 aliphatic rings. The Morgan fingerprint density at radius 3 is 2.60 bits per heavy atom. The van der Waals surface area contributed by atoms with Crippen LogP contribution in [-0.2, 0) is 14.8 Å². The van der Waals surface area contributed by atoms with Gasteiger partial charge in [0.25, 0.3) is 0 Å². The lowest BCUT2D eigenvalue weighted by atomic mass is 10.2. The molecule has 0 radical (unpaired) electrons. The summed E-state index contributed by atoms with van der Waals surface area (Å²) in [6, 6.07) is 3.64. The maximum atomic E-state index is 12.1. The number of nitrogens with two attached hydrogens (primary N) is 1. The first-order valence-corrected chi connectivity index (χ1v) is 7.92. The smallest absolute Gasteiger partial charge is 0.241 e. The fraction of sp³-hybridized carbons (Fsp3) is 0.462. The van der Waals surface area contributed by atoms with Gasteiger partial charge in [0.15, 0.2) is 0 Å². The first-order valence-electron chi connectivity index (χ1n) is 6.44. The highest BCUT2D eigenvalue weighted by Gasteiger charge is 2.22. The van der Waals surface area contributed by atoms with E-state index in [0.29, 0.717) is 12.2 Å². The van der Waals surface area contributed by atoms with Crippen molar-refractivity contribution in [3.63, 3.8) is 0 Å². The average molecular weight is 299 g/mol. The van der Waals surface area contributed by atoms with Crippen LogP contribution in [-0.4, -0.2) is 26.9 Å². The number of aryl methyl sites for hydroxylation is 1. The third kappa shape index (κ3) is 4.21. The maximum absolute atomic E-state index is 12.1. The van der Waals surface area contributed by atoms with E-state index in [-0.39, 0.29) is 10.8 Å². The molecule has 4 N–H and O–H groups in total. The number of hydrogen-bond donors (Lipinski definition) is 3. The number of amides is 1. The number of anilines is 1. The second-order valence-corrected chi connectivity index (χ2v) is 6.37. The van der Waals surface area contributed by atoms with Crippen molar-refractivity contribution >= 4 is 21.6 Å². The van der Waals surface area contributed by atoms with E-state index in [1.54, 1.807) is 13.0 Å². The summed E-state index contributed by atoms with van der Waals surface area (Å²) in [6.45, 7) is 5.73. The van der Waals surface area contributed by atoms with Crippen molar-refractivity contribution in [1.82, 2.24) is 10.0 Å². The number of carbonyl (C=O) groups is 1. The van der Waals surface area contributed by atoms with Gasteiger partial charge in [0.1, 0.15) is 0 Å². The van der Waals surface area contributed by atoms with E-state index in [2.05, 4.69) is 10.0 Å². The maximum Gasteiger partial charge on any atom is 0.241 e. The summed E-state index contributed by atoms with van der Waals surface area (Å²) in [5, 5.41) is 2.64. The summed E-state index contributed by atoms with van der Waals surface area (Å²) >= 11 is 0. The molecule has 0 fully saturated rings. The van der Waals surface area contributed by atoms with Crippen LogP contribution in [0.5, 0.6) is 0 Å². The first kappa shape index (κ1) is 16.5. The van der Waals surface area contributed by atoms with Crippen LogP contribution < -0.4 is 15.8 Å². The molecular formula is C13H21N3O3S. The molecule has 20 heavy (non-hydrogen) atoms. The quantitative estimate of drug-likeness (QED) is 0.675. The Hall–Kier alpha value is -1.60. The molecule has 1 atom stereocenters. The van der Waals surface area contributed by atoms with Crippen molar-refractivity contribution in [2.24, 2.45) is 0 Å². The molecule has 0 heterocycles. The molecule has 1 unspecified atom stereocenters. The van der Waals surface area contributed by atoms with Gasteiger partial charge in [0.2, 0.25) is 15.9 Å². The van der Waals surface area contributed by atoms with E-state index < -0.39 is 16.1 Å². The van der Waals surface area contributed by atoms with Crippen LogP contribution in [0.2, 0.25) is 0 Å². The Labute approximate surface area is 119 Å². The molecule has 112 valence electrons. The molecular weight excluding hydrogens is 278 g/mol. The van der Waals surface area contributed by atoms with E-state index in [4.69, 9.17) is 5.73 Å². The molecule has 7 heteroatoms. The third-order valence-corrected chi connectivity index (χ3v) is 4.37. The molecule has 0 saturated heterocycles. The second-order valence-electron chi connectivity index (χ2n) is 4.65. The number of benzene rings is 1. The molecule has 1 rings (SSSR count). The Bertz CT molecular complexity index is 585. The first-order chi connectivity index (χ1) is 9.27. The van der Waals surface area contributed by atoms with Gasteiger partial charge in [-0.15, -0.1) is 0 Å². The minimum Gasteiger partial charge on any atom is -0.398 e. The zero-order valence-electron chi connectivity index (χ0n) is 11.9. The van der Waals surface area contributed by atoms with Gasteiger partial charge in [-0.25, -0.2) is 8.42 Å². The SMILES string of the molecule is CCCNC(=O)C(C)NS(=O)(=O)c1ccc(C)c(N)c1. The molecule has 0 spiro atoms. The minimum atomic E-state index is -3.76. The Kier molecular flexibility index (Phi) is 5.52. The average Bonchev–Trinajstić information content (AvgIpc) is 2.38. The second kappa shape index (κ2) is 6.71. The highest BCUT2D eigenvalue weighted by molar-refractivity contribution is 7.89. The van der Waals surface area contributed by atoms with Gasteiger partial charge < -0.3 is 11.1 Å². The van der Waals surface area contributed by atoms with E-state index in [1.165, 1.54) is 19.1 Å². The fourth-order valence-electron chi connectivity index (χ4n) is 1.54. The van der Waals surface area contributed by atoms with Crippen LogP contribution in [0.15, 0.2) is 23.1 Å². The molecule has 1 amide bonds. The van der Waals surface area contributed by atoms with Gasteiger partial charge in [-0.05, 0) is 38.0 Å². The predicted molar refractivity (Wildman–Crippen MR) is 78.7 cm³/mol. The summed E-state index contributed by atoms with van der Waals surface area (Å²) in [6.07, 6.45) is 0.791. The lowest BCUT2D eigenvalue weighted by Gasteiger charge is -2.14. The normalized spacial score (nSPS) is 12.9. The monoisotopic (exact) mass is 299 g/mol. The molecule has 6 nitrogen and oxygen atoms in total. The van der Waals surface area contributed by atoms with Crippen LogP contribution in [0.1, 0.15) is 25.8 Å². The number of sulfonamides is 1. The zero-order valence-corrected chi connectivity index (χ0v) is 12.8. The van der Waals surface area contributed by atoms with Crippen molar-refractivity contribution < 1.29 is 13.2 Å². The molecule has 0 bridgehead atoms. The molecule has 0 aliphatic carbocycles. The summed E-state index contributed by atoms with van der Waals surface area (Å²) in [5.74, 6) is -0.351. The van der Waals surface area contributed by atoms with Gasteiger partial charge in [-0.2, -0.15) is 4.72 Å². The van der Waals surface area contributed by atoms with Gasteiger partial charge >= 0.3 is 0 Å². The van der Waals surface area contributed by atoms with Gasteiger partial charge in [0.05, 0.1) is 10.9 Å². The number of carbonyl (C=O) groups excluding carboxylic acids is 1. The van der Waals surface area contributed by atoms with E-state index in [9.17, 15) is 13.2 Å². The molecule has 0 aliphatic heterocycles. The Balaban J connectivity index is 2.84. The molecule has 1 aromatic carbocycles. The summed E-state index contributed by atoms with van der Waals surface area (Å²) in [4.78, 5) is 11.7. The molecule has 0 aromatic heterocycles. The highest BCUT2D eigenvalue weighted by Crippen LogP contribution is 2.17. The van der Waals surface area contributed by atoms with Crippen molar-refractivity contribution in [2.45, 2.75) is 38.1 Å². The number of rotatable bonds is 6. The highest BCUT2D eigenvalue weighted by atomic mass is 32.2. The van der Waals surface area contributed by atoms with Crippen LogP contribution in [0.25, 0.3) is 0 Å². The van der Waals surface area contributed by atoms with Crippen molar-refractivity contribution in [2.75, 3.05) is 12.3 Å². The van der Waals surface area contributed by atoms with Gasteiger partial charge in [0, 0.05) is 12.2 Å². The number of nitrogen functional groups attached to an aromatic ring is 1. The van der Waals surface area contributed by atoms with Crippen LogP contribution in [0, 0.1) is 6.92 Å². The van der Waals surface area contributed by atoms with Gasteiger partial charge in [-0.3, -0.25) is 4.79 Å². The standard InChI is InChI=1S/C13H21N3O3S/c1-4-7-15-13(17)10(3)16-20(18,19)11-6-5-9(2)12(14)8-11/h5-6,8,10,16H,4,7,14H2,1-3H3,(H,15,17). The van der Waals surface area contributed by atoms with Crippen molar-refractivity contribution in [3.05, 3.63) is 23.8 Å². The number of hydrogen-bond acceptors (Lipinski definition) is 4. The van der Waals surface area contributed by atoms with Crippen molar-refractivity contribution in [3.8, 4) is 0 Å². The van der Waals surface area contributed by atoms with E-state index in [0.717, 1.165) is 12.0 Å². The summed E-state index contributed by atoms with van der Waals surface area (Å²) in [7, 11) is -3.76. The van der Waals surface area contributed by atoms with Crippen LogP contribution in [0.3, 0.4) is 0 Å². The van der Waals surface area contributed by atoms with E-state index in [1.807, 2.05) is 6.92 Å². The largest absolute Gasteiger partial charge is 0.398 e. The van der Waals surface area contributed by atoms with Gasteiger partial charge in [-0.1, -0.05) is 13.0 Å². The minimum absolute atomic E-state index is 0.0516. The molecule has 0 saturated carbocycles.